The highest BCUT2D eigenvalue weighted by Crippen LogP contribution is 2.65. The smallest absolute Gasteiger partial charge is 0.238 e. The van der Waals surface area contributed by atoms with Gasteiger partial charge in [0.15, 0.2) is 12.4 Å². The molecule has 2 aromatic rings. The Morgan fingerprint density at radius 2 is 1.62 bits per heavy atom. The summed E-state index contributed by atoms with van der Waals surface area (Å²) in [5, 5.41) is 0. The van der Waals surface area contributed by atoms with Gasteiger partial charge in [-0.2, -0.15) is 0 Å². The summed E-state index contributed by atoms with van der Waals surface area (Å²) in [7, 11) is 0. The fourth-order valence-electron chi connectivity index (χ4n) is 6.07. The Hall–Kier alpha value is -3.21. The Balaban J connectivity index is 1.20. The molecule has 0 N–H and O–H groups in total. The Bertz CT molecular complexity index is 1160. The van der Waals surface area contributed by atoms with Gasteiger partial charge in [0.1, 0.15) is 5.75 Å². The molecule has 0 radical (unpaired) electrons. The molecule has 6 unspecified atom stereocenters. The van der Waals surface area contributed by atoms with Crippen molar-refractivity contribution in [1.29, 1.82) is 0 Å². The lowest BCUT2D eigenvalue weighted by molar-refractivity contribution is -0.124. The number of carbonyl (C=O) groups excluding carboxylic acids is 3. The summed E-state index contributed by atoms with van der Waals surface area (Å²) < 4.78 is 5.75. The number of ether oxygens (including phenoxy) is 1. The zero-order valence-corrected chi connectivity index (χ0v) is 18.2. The Kier molecular flexibility index (Phi) is 4.19. The molecule has 2 bridgehead atoms. The number of nitrogens with zero attached hydrogens (tertiary/aromatic N) is 1. The van der Waals surface area contributed by atoms with Crippen LogP contribution in [0.2, 0.25) is 0 Å². The van der Waals surface area contributed by atoms with E-state index in [0.717, 1.165) is 17.5 Å². The minimum Gasteiger partial charge on any atom is -0.485 e. The van der Waals surface area contributed by atoms with Gasteiger partial charge in [0, 0.05) is 11.6 Å². The van der Waals surface area contributed by atoms with Crippen molar-refractivity contribution in [3.8, 4) is 5.75 Å². The molecule has 2 saturated carbocycles. The van der Waals surface area contributed by atoms with E-state index in [0.29, 0.717) is 28.8 Å². The minimum absolute atomic E-state index is 0.0898. The first kappa shape index (κ1) is 19.5. The zero-order valence-electron chi connectivity index (χ0n) is 18.2. The lowest BCUT2D eigenvalue weighted by Gasteiger charge is -2.37. The summed E-state index contributed by atoms with van der Waals surface area (Å²) in [6.07, 6.45) is 5.49. The molecule has 1 heterocycles. The standard InChI is InChI=1S/C27H25NO4/c1-14-6-7-16(10-15(14)2)23(29)13-32-18-5-3-4-17(11-18)28-26(30)24-19-8-9-20(22-12-21(19)22)25(24)27(28)31/h3-11,19-22,24-25H,12-13H2,1-2H3. The number of benzene rings is 2. The van der Waals surface area contributed by atoms with Crippen LogP contribution in [0.4, 0.5) is 5.69 Å². The van der Waals surface area contributed by atoms with Crippen LogP contribution in [0.5, 0.6) is 5.75 Å². The molecule has 32 heavy (non-hydrogen) atoms. The highest BCUT2D eigenvalue weighted by atomic mass is 16.5. The van der Waals surface area contributed by atoms with Crippen LogP contribution in [0, 0.1) is 49.4 Å². The van der Waals surface area contributed by atoms with Crippen LogP contribution < -0.4 is 9.64 Å². The predicted molar refractivity (Wildman–Crippen MR) is 119 cm³/mol. The number of imide groups is 1. The molecular weight excluding hydrogens is 402 g/mol. The molecule has 7 rings (SSSR count). The lowest BCUT2D eigenvalue weighted by atomic mass is 9.63. The lowest BCUT2D eigenvalue weighted by Crippen LogP contribution is -2.40. The largest absolute Gasteiger partial charge is 0.485 e. The van der Waals surface area contributed by atoms with Crippen LogP contribution in [-0.4, -0.2) is 24.2 Å². The molecule has 1 aliphatic heterocycles. The van der Waals surface area contributed by atoms with Crippen LogP contribution in [0.1, 0.15) is 27.9 Å². The van der Waals surface area contributed by atoms with Crippen LogP contribution in [0.3, 0.4) is 0 Å². The van der Waals surface area contributed by atoms with Crippen molar-refractivity contribution in [2.24, 2.45) is 35.5 Å². The van der Waals surface area contributed by atoms with Gasteiger partial charge in [-0.25, -0.2) is 4.90 Å². The summed E-state index contributed by atoms with van der Waals surface area (Å²) in [6, 6.07) is 12.6. The van der Waals surface area contributed by atoms with Crippen LogP contribution in [-0.2, 0) is 9.59 Å². The van der Waals surface area contributed by atoms with Gasteiger partial charge >= 0.3 is 0 Å². The molecule has 5 heteroatoms. The number of rotatable bonds is 5. The van der Waals surface area contributed by atoms with E-state index in [1.165, 1.54) is 4.90 Å². The van der Waals surface area contributed by atoms with E-state index < -0.39 is 0 Å². The second-order valence-corrected chi connectivity index (χ2v) is 9.67. The maximum Gasteiger partial charge on any atom is 0.238 e. The third-order valence-corrected chi connectivity index (χ3v) is 7.94. The monoisotopic (exact) mass is 427 g/mol. The second kappa shape index (κ2) is 6.89. The second-order valence-electron chi connectivity index (χ2n) is 9.67. The molecule has 2 amide bonds. The Morgan fingerprint density at radius 1 is 0.938 bits per heavy atom. The fourth-order valence-corrected chi connectivity index (χ4v) is 6.07. The molecule has 5 nitrogen and oxygen atoms in total. The molecule has 162 valence electrons. The molecule has 5 aliphatic rings. The van der Waals surface area contributed by atoms with Crippen molar-refractivity contribution < 1.29 is 19.1 Å². The third-order valence-electron chi connectivity index (χ3n) is 7.94. The van der Waals surface area contributed by atoms with Crippen molar-refractivity contribution in [2.75, 3.05) is 11.5 Å². The first-order valence-corrected chi connectivity index (χ1v) is 11.3. The number of carbonyl (C=O) groups is 3. The summed E-state index contributed by atoms with van der Waals surface area (Å²) in [6.45, 7) is 3.88. The van der Waals surface area contributed by atoms with Gasteiger partial charge < -0.3 is 4.74 Å². The average molecular weight is 428 g/mol. The van der Waals surface area contributed by atoms with E-state index in [1.54, 1.807) is 30.3 Å². The van der Waals surface area contributed by atoms with Gasteiger partial charge in [0.2, 0.25) is 11.8 Å². The Labute approximate surface area is 187 Å². The quantitative estimate of drug-likeness (QED) is 0.409. The highest BCUT2D eigenvalue weighted by Gasteiger charge is 2.67. The van der Waals surface area contributed by atoms with Crippen molar-refractivity contribution in [3.05, 3.63) is 71.3 Å². The number of allylic oxidation sites excluding steroid dienone is 2. The maximum atomic E-state index is 13.3. The molecule has 6 atom stereocenters. The predicted octanol–water partition coefficient (Wildman–Crippen LogP) is 4.12. The van der Waals surface area contributed by atoms with E-state index in [9.17, 15) is 14.4 Å². The molecular formula is C27H25NO4. The van der Waals surface area contributed by atoms with Gasteiger partial charge in [-0.15, -0.1) is 0 Å². The third kappa shape index (κ3) is 2.80. The summed E-state index contributed by atoms with van der Waals surface area (Å²) in [4.78, 5) is 40.5. The van der Waals surface area contributed by atoms with Crippen molar-refractivity contribution in [1.82, 2.24) is 0 Å². The minimum atomic E-state index is -0.225. The zero-order chi connectivity index (χ0) is 22.1. The number of Topliss-reactive ketones (excluding diaryl/α,β-unsaturated/α-hetero) is 1. The van der Waals surface area contributed by atoms with Crippen molar-refractivity contribution in [2.45, 2.75) is 20.3 Å². The summed E-state index contributed by atoms with van der Waals surface area (Å²) in [5.41, 5.74) is 3.33. The fraction of sp³-hybridized carbons (Fsp3) is 0.370. The molecule has 0 aromatic heterocycles. The number of hydrogen-bond acceptors (Lipinski definition) is 4. The van der Waals surface area contributed by atoms with Crippen molar-refractivity contribution >= 4 is 23.3 Å². The van der Waals surface area contributed by atoms with Crippen LogP contribution in [0.25, 0.3) is 0 Å². The van der Waals surface area contributed by atoms with Gasteiger partial charge in [0.25, 0.3) is 0 Å². The summed E-state index contributed by atoms with van der Waals surface area (Å²) in [5.74, 6) is 1.29. The number of anilines is 1. The van der Waals surface area contributed by atoms with E-state index in [4.69, 9.17) is 4.74 Å². The van der Waals surface area contributed by atoms with Crippen LogP contribution >= 0.6 is 0 Å². The molecule has 0 spiro atoms. The molecule has 1 saturated heterocycles. The van der Waals surface area contributed by atoms with Gasteiger partial charge in [0.05, 0.1) is 17.5 Å². The van der Waals surface area contributed by atoms with E-state index in [2.05, 4.69) is 12.2 Å². The van der Waals surface area contributed by atoms with Gasteiger partial charge in [-0.3, -0.25) is 14.4 Å². The van der Waals surface area contributed by atoms with E-state index in [1.807, 2.05) is 26.0 Å². The number of ketones is 1. The van der Waals surface area contributed by atoms with E-state index >= 15 is 0 Å². The first-order valence-electron chi connectivity index (χ1n) is 11.3. The highest BCUT2D eigenvalue weighted by molar-refractivity contribution is 6.22. The Morgan fingerprint density at radius 3 is 2.28 bits per heavy atom. The van der Waals surface area contributed by atoms with Crippen LogP contribution in [0.15, 0.2) is 54.6 Å². The number of amides is 2. The average Bonchev–Trinajstić information content (AvgIpc) is 3.57. The van der Waals surface area contributed by atoms with Gasteiger partial charge in [-0.1, -0.05) is 30.4 Å². The molecule has 3 fully saturated rings. The molecule has 4 aliphatic carbocycles. The maximum absolute atomic E-state index is 13.3. The summed E-state index contributed by atoms with van der Waals surface area (Å²) >= 11 is 0. The number of hydrogen-bond donors (Lipinski definition) is 0. The van der Waals surface area contributed by atoms with E-state index in [-0.39, 0.29) is 47.9 Å². The number of aryl methyl sites for hydroxylation is 2. The first-order chi connectivity index (χ1) is 15.4. The normalized spacial score (nSPS) is 31.5. The van der Waals surface area contributed by atoms with Gasteiger partial charge in [-0.05, 0) is 73.3 Å². The van der Waals surface area contributed by atoms with Crippen molar-refractivity contribution in [3.63, 3.8) is 0 Å². The molecule has 2 aromatic carbocycles. The topological polar surface area (TPSA) is 63.7 Å². The SMILES string of the molecule is Cc1ccc(C(=O)COc2cccc(N3C(=O)C4C5C=CC(C6CC56)C4C3=O)c2)cc1C.